The Labute approximate surface area is 356 Å². The zero-order chi connectivity index (χ0) is 44.6. The summed E-state index contributed by atoms with van der Waals surface area (Å²) in [7, 11) is 0. The molecule has 0 aliphatic carbocycles. The Morgan fingerprint density at radius 1 is 0.871 bits per heavy atom. The second kappa shape index (κ2) is 21.3. The fraction of sp³-hybridized carbons (Fsp3) is 0.512. The minimum atomic E-state index is -2.98. The Morgan fingerprint density at radius 2 is 1.53 bits per heavy atom. The molecule has 3 aromatic carbocycles. The molecule has 3 fully saturated rings. The number of rotatable bonds is 17. The molecule has 338 valence electrons. The van der Waals surface area contributed by atoms with Gasteiger partial charge in [0.25, 0.3) is 11.7 Å². The van der Waals surface area contributed by atoms with Crippen LogP contribution in [0.5, 0.6) is 0 Å². The number of carboxylic acid groups (broad SMARTS) is 1. The van der Waals surface area contributed by atoms with Crippen LogP contribution in [0.2, 0.25) is 0 Å². The third-order valence-electron chi connectivity index (χ3n) is 11.1. The normalized spacial score (nSPS) is 32.3. The quantitative estimate of drug-likeness (QED) is 0.0764. The maximum atomic E-state index is 13.0. The number of benzene rings is 3. The molecule has 0 radical (unpaired) electrons. The van der Waals surface area contributed by atoms with Gasteiger partial charge in [0.1, 0.15) is 48.8 Å². The Balaban J connectivity index is 1.12. The van der Waals surface area contributed by atoms with Crippen LogP contribution in [0.3, 0.4) is 0 Å². The smallest absolute Gasteiger partial charge is 0.364 e. The lowest BCUT2D eigenvalue weighted by atomic mass is 9.88. The van der Waals surface area contributed by atoms with Crippen LogP contribution in [0.4, 0.5) is 0 Å². The summed E-state index contributed by atoms with van der Waals surface area (Å²) in [6.45, 7) is -0.0963. The van der Waals surface area contributed by atoms with Gasteiger partial charge in [-0.3, -0.25) is 9.59 Å². The van der Waals surface area contributed by atoms with E-state index in [-0.39, 0.29) is 31.8 Å². The van der Waals surface area contributed by atoms with Crippen molar-refractivity contribution in [3.05, 3.63) is 96.1 Å². The molecule has 3 aromatic rings. The highest BCUT2D eigenvalue weighted by Crippen LogP contribution is 2.38. The first kappa shape index (κ1) is 47.0. The molecule has 3 aliphatic rings. The Hall–Kier alpha value is -4.45. The summed E-state index contributed by atoms with van der Waals surface area (Å²) in [5.74, 6) is -6.21. The van der Waals surface area contributed by atoms with Gasteiger partial charge >= 0.3 is 5.97 Å². The van der Waals surface area contributed by atoms with Crippen molar-refractivity contribution in [2.24, 2.45) is 0 Å². The second-order valence-corrected chi connectivity index (χ2v) is 15.5. The van der Waals surface area contributed by atoms with E-state index in [0.29, 0.717) is 0 Å². The van der Waals surface area contributed by atoms with Crippen molar-refractivity contribution in [1.82, 2.24) is 10.6 Å². The summed E-state index contributed by atoms with van der Waals surface area (Å²) in [5, 5.41) is 93.1. The molecule has 14 atom stereocenters. The summed E-state index contributed by atoms with van der Waals surface area (Å²) in [6, 6.07) is 24.0. The number of carbonyl (C=O) groups is 3. The molecule has 62 heavy (non-hydrogen) atoms. The van der Waals surface area contributed by atoms with Gasteiger partial charge in [-0.15, -0.1) is 0 Å². The molecule has 6 rings (SSSR count). The van der Waals surface area contributed by atoms with E-state index in [1.54, 1.807) is 18.2 Å². The van der Waals surface area contributed by atoms with E-state index in [2.05, 4.69) is 10.6 Å². The average Bonchev–Trinajstić information content (AvgIpc) is 3.27. The molecule has 2 amide bonds. The number of carboxylic acids is 1. The molecule has 0 bridgehead atoms. The number of aliphatic hydroxyl groups is 7. The van der Waals surface area contributed by atoms with Crippen molar-refractivity contribution in [2.75, 3.05) is 26.4 Å². The number of amides is 2. The van der Waals surface area contributed by atoms with Gasteiger partial charge < -0.3 is 79.9 Å². The predicted octanol–water partition coefficient (Wildman–Crippen LogP) is -1.18. The summed E-state index contributed by atoms with van der Waals surface area (Å²) >= 11 is 0. The van der Waals surface area contributed by atoms with Gasteiger partial charge in [-0.05, 0) is 35.2 Å². The third kappa shape index (κ3) is 11.2. The Morgan fingerprint density at radius 3 is 2.18 bits per heavy atom. The standard InChI is InChI=1S/C43H54N2O17/c1-23(47)45-33-28(48)18-43(42(55)56,61-38(33)34(50)29(49)19-44-40(54)27-10-6-3-7-11-27)62-39-36(52)31(20-46)60-41(37(39)53)59-30-16-17-58-32(35(30)51)22-57-21-24-12-14-26(15-13-24)25-8-4-2-5-9-25/h2-15,28-39,41,46,48-53H,16-22H2,1H3,(H,44,54)(H,45,47)(H,55,56)/t28-,29+,30+,31+,32+,33+,34+,35+,36-,37+,38+,39-,41+,43-/m0/s1. The number of ether oxygens (including phenoxy) is 6. The van der Waals surface area contributed by atoms with E-state index in [9.17, 15) is 55.2 Å². The van der Waals surface area contributed by atoms with Crippen LogP contribution in [-0.2, 0) is 44.6 Å². The predicted molar refractivity (Wildman–Crippen MR) is 214 cm³/mol. The first-order valence-electron chi connectivity index (χ1n) is 20.2. The van der Waals surface area contributed by atoms with Crippen LogP contribution in [0.1, 0.15) is 35.7 Å². The zero-order valence-corrected chi connectivity index (χ0v) is 33.8. The van der Waals surface area contributed by atoms with Gasteiger partial charge in [-0.2, -0.15) is 0 Å². The highest BCUT2D eigenvalue weighted by molar-refractivity contribution is 5.94. The molecule has 0 spiro atoms. The van der Waals surface area contributed by atoms with Gasteiger partial charge in [0.15, 0.2) is 6.29 Å². The fourth-order valence-electron chi connectivity index (χ4n) is 7.70. The number of aliphatic carboxylic acids is 1. The molecule has 3 heterocycles. The Bertz CT molecular complexity index is 1910. The van der Waals surface area contributed by atoms with E-state index in [1.807, 2.05) is 54.6 Å². The lowest BCUT2D eigenvalue weighted by molar-refractivity contribution is -0.376. The van der Waals surface area contributed by atoms with Gasteiger partial charge in [0.2, 0.25) is 5.91 Å². The highest BCUT2D eigenvalue weighted by atomic mass is 16.8. The minimum absolute atomic E-state index is 0.0410. The van der Waals surface area contributed by atoms with Crippen molar-refractivity contribution < 1.29 is 83.7 Å². The summed E-state index contributed by atoms with van der Waals surface area (Å²) in [5.41, 5.74) is 3.22. The van der Waals surface area contributed by atoms with Gasteiger partial charge in [0.05, 0.1) is 44.2 Å². The molecule has 3 aliphatic heterocycles. The van der Waals surface area contributed by atoms with Crippen LogP contribution in [0, 0.1) is 0 Å². The van der Waals surface area contributed by atoms with Crippen LogP contribution < -0.4 is 10.6 Å². The molecule has 0 aromatic heterocycles. The number of carbonyl (C=O) groups excluding carboxylic acids is 2. The molecule has 0 unspecified atom stereocenters. The topological polar surface area (TPSA) is 292 Å². The molecular formula is C43H54N2O17. The monoisotopic (exact) mass is 870 g/mol. The van der Waals surface area contributed by atoms with E-state index < -0.39 is 123 Å². The minimum Gasteiger partial charge on any atom is -0.477 e. The van der Waals surface area contributed by atoms with Crippen molar-refractivity contribution >= 4 is 17.8 Å². The number of nitrogens with one attached hydrogen (secondary N) is 2. The van der Waals surface area contributed by atoms with Crippen LogP contribution in [-0.4, -0.2) is 170 Å². The van der Waals surface area contributed by atoms with Gasteiger partial charge in [-0.1, -0.05) is 72.8 Å². The molecule has 19 heteroatoms. The van der Waals surface area contributed by atoms with Crippen molar-refractivity contribution in [1.29, 1.82) is 0 Å². The maximum Gasteiger partial charge on any atom is 0.364 e. The number of aliphatic hydroxyl groups excluding tert-OH is 7. The number of hydrogen-bond acceptors (Lipinski definition) is 16. The average molecular weight is 871 g/mol. The molecule has 0 saturated carbocycles. The first-order valence-corrected chi connectivity index (χ1v) is 20.2. The van der Waals surface area contributed by atoms with Gasteiger partial charge in [0, 0.05) is 32.1 Å². The van der Waals surface area contributed by atoms with E-state index in [4.69, 9.17) is 28.4 Å². The van der Waals surface area contributed by atoms with Crippen molar-refractivity contribution in [3.63, 3.8) is 0 Å². The van der Waals surface area contributed by atoms with Crippen LogP contribution >= 0.6 is 0 Å². The Kier molecular flexibility index (Phi) is 16.1. The van der Waals surface area contributed by atoms with E-state index >= 15 is 0 Å². The van der Waals surface area contributed by atoms with Crippen molar-refractivity contribution in [3.8, 4) is 11.1 Å². The zero-order valence-electron chi connectivity index (χ0n) is 33.8. The van der Waals surface area contributed by atoms with Crippen LogP contribution in [0.15, 0.2) is 84.9 Å². The maximum absolute atomic E-state index is 13.0. The summed E-state index contributed by atoms with van der Waals surface area (Å²) in [6.07, 6.45) is -21.0. The lowest BCUT2D eigenvalue weighted by Gasteiger charge is -2.50. The van der Waals surface area contributed by atoms with E-state index in [0.717, 1.165) is 23.6 Å². The van der Waals surface area contributed by atoms with Crippen molar-refractivity contribution in [2.45, 2.75) is 112 Å². The third-order valence-corrected chi connectivity index (χ3v) is 11.1. The fourth-order valence-corrected chi connectivity index (χ4v) is 7.70. The SMILES string of the molecule is CC(=O)N[C@H]1[C@H]([C@H](O)[C@H](O)CNC(=O)c2ccccc2)O[C@@](O[C@H]2[C@@H](O)[C@@H](CO)O[C@@H](O[C@@H]3CCO[C@H](COCc4ccc(-c5ccccc5)cc4)[C@@H]3O)[C@@H]2O)(C(=O)O)C[C@@H]1O. The second-order valence-electron chi connectivity index (χ2n) is 15.5. The molecule has 19 nitrogen and oxygen atoms in total. The summed E-state index contributed by atoms with van der Waals surface area (Å²) < 4.78 is 34.9. The molecule has 3 saturated heterocycles. The van der Waals surface area contributed by atoms with Crippen LogP contribution in [0.25, 0.3) is 11.1 Å². The molecule has 10 N–H and O–H groups in total. The lowest BCUT2D eigenvalue weighted by Crippen LogP contribution is -2.70. The largest absolute Gasteiger partial charge is 0.477 e. The van der Waals surface area contributed by atoms with E-state index in [1.165, 1.54) is 12.1 Å². The highest BCUT2D eigenvalue weighted by Gasteiger charge is 2.59. The number of hydrogen-bond donors (Lipinski definition) is 10. The summed E-state index contributed by atoms with van der Waals surface area (Å²) in [4.78, 5) is 37.8. The van der Waals surface area contributed by atoms with Gasteiger partial charge in [-0.25, -0.2) is 4.79 Å². The molecular weight excluding hydrogens is 816 g/mol. The first-order chi connectivity index (χ1) is 29.7.